The summed E-state index contributed by atoms with van der Waals surface area (Å²) in [5.41, 5.74) is 0.484. The van der Waals surface area contributed by atoms with E-state index < -0.39 is 0 Å². The standard InChI is InChI=1S/C16H14FNO/c1-2-3-6-11-18-16(19)14-9-10-15(17)13-8-5-4-7-12(13)14/h1,4-5,7-10H,3,6,11H2,(H,18,19). The highest BCUT2D eigenvalue weighted by Crippen LogP contribution is 2.21. The maximum Gasteiger partial charge on any atom is 0.251 e. The number of fused-ring (bicyclic) bond motifs is 1. The Morgan fingerprint density at radius 3 is 2.68 bits per heavy atom. The Labute approximate surface area is 111 Å². The zero-order valence-electron chi connectivity index (χ0n) is 10.4. The first kappa shape index (κ1) is 13.1. The molecule has 3 heteroatoms. The molecule has 0 aliphatic rings. The number of unbranched alkanes of at least 4 members (excludes halogenated alkanes) is 1. The van der Waals surface area contributed by atoms with E-state index in [2.05, 4.69) is 11.2 Å². The molecule has 2 aromatic rings. The van der Waals surface area contributed by atoms with Gasteiger partial charge in [0.05, 0.1) is 0 Å². The minimum atomic E-state index is -0.320. The molecule has 0 heterocycles. The Balaban J connectivity index is 2.23. The predicted molar refractivity (Wildman–Crippen MR) is 74.3 cm³/mol. The highest BCUT2D eigenvalue weighted by molar-refractivity contribution is 6.07. The minimum absolute atomic E-state index is 0.201. The van der Waals surface area contributed by atoms with Crippen molar-refractivity contribution in [1.82, 2.24) is 5.32 Å². The largest absolute Gasteiger partial charge is 0.352 e. The lowest BCUT2D eigenvalue weighted by Crippen LogP contribution is -2.24. The van der Waals surface area contributed by atoms with E-state index >= 15 is 0 Å². The first-order chi connectivity index (χ1) is 9.24. The van der Waals surface area contributed by atoms with Crippen molar-refractivity contribution < 1.29 is 9.18 Å². The van der Waals surface area contributed by atoms with E-state index in [9.17, 15) is 9.18 Å². The van der Waals surface area contributed by atoms with E-state index in [0.29, 0.717) is 29.3 Å². The van der Waals surface area contributed by atoms with Crippen molar-refractivity contribution in [3.8, 4) is 12.3 Å². The van der Waals surface area contributed by atoms with Gasteiger partial charge in [-0.25, -0.2) is 4.39 Å². The molecule has 0 radical (unpaired) electrons. The second-order valence-electron chi connectivity index (χ2n) is 4.20. The van der Waals surface area contributed by atoms with Crippen LogP contribution in [0.4, 0.5) is 4.39 Å². The van der Waals surface area contributed by atoms with Gasteiger partial charge in [0.15, 0.2) is 0 Å². The number of hydrogen-bond acceptors (Lipinski definition) is 1. The van der Waals surface area contributed by atoms with Crippen molar-refractivity contribution in [2.45, 2.75) is 12.8 Å². The van der Waals surface area contributed by atoms with Gasteiger partial charge in [-0.3, -0.25) is 4.79 Å². The fourth-order valence-electron chi connectivity index (χ4n) is 1.95. The van der Waals surface area contributed by atoms with Crippen LogP contribution in [-0.4, -0.2) is 12.5 Å². The molecule has 2 rings (SSSR count). The lowest BCUT2D eigenvalue weighted by Gasteiger charge is -2.08. The molecule has 0 bridgehead atoms. The summed E-state index contributed by atoms with van der Waals surface area (Å²) in [5, 5.41) is 3.87. The third-order valence-corrected chi connectivity index (χ3v) is 2.90. The molecule has 2 nitrogen and oxygen atoms in total. The number of benzene rings is 2. The molecule has 0 saturated heterocycles. The molecular weight excluding hydrogens is 241 g/mol. The second-order valence-corrected chi connectivity index (χ2v) is 4.20. The Morgan fingerprint density at radius 2 is 1.95 bits per heavy atom. The topological polar surface area (TPSA) is 29.1 Å². The van der Waals surface area contributed by atoms with E-state index in [1.165, 1.54) is 12.1 Å². The zero-order valence-corrected chi connectivity index (χ0v) is 10.4. The van der Waals surface area contributed by atoms with E-state index in [1.807, 2.05) is 0 Å². The molecule has 0 unspecified atom stereocenters. The molecule has 0 aromatic heterocycles. The van der Waals surface area contributed by atoms with Gasteiger partial charge in [0.25, 0.3) is 5.91 Å². The first-order valence-electron chi connectivity index (χ1n) is 6.13. The molecule has 96 valence electrons. The van der Waals surface area contributed by atoms with Crippen LogP contribution in [0.25, 0.3) is 10.8 Å². The SMILES string of the molecule is C#CCCCNC(=O)c1ccc(F)c2ccccc12. The highest BCUT2D eigenvalue weighted by atomic mass is 19.1. The Bertz CT molecular complexity index is 643. The average molecular weight is 255 g/mol. The van der Waals surface area contributed by atoms with Crippen LogP contribution >= 0.6 is 0 Å². The van der Waals surface area contributed by atoms with Crippen molar-refractivity contribution in [2.75, 3.05) is 6.54 Å². The maximum atomic E-state index is 13.6. The summed E-state index contributed by atoms with van der Waals surface area (Å²) < 4.78 is 13.6. The summed E-state index contributed by atoms with van der Waals surface area (Å²) in [7, 11) is 0. The van der Waals surface area contributed by atoms with Crippen LogP contribution in [0.2, 0.25) is 0 Å². The van der Waals surface area contributed by atoms with Gasteiger partial charge in [0.2, 0.25) is 0 Å². The number of hydrogen-bond donors (Lipinski definition) is 1. The van der Waals surface area contributed by atoms with Gasteiger partial charge in [-0.15, -0.1) is 12.3 Å². The normalized spacial score (nSPS) is 10.1. The first-order valence-corrected chi connectivity index (χ1v) is 6.13. The van der Waals surface area contributed by atoms with Gasteiger partial charge in [-0.1, -0.05) is 24.3 Å². The molecular formula is C16H14FNO. The van der Waals surface area contributed by atoms with Crippen LogP contribution in [0, 0.1) is 18.2 Å². The van der Waals surface area contributed by atoms with Crippen molar-refractivity contribution in [3.63, 3.8) is 0 Å². The number of carbonyl (C=O) groups excluding carboxylic acids is 1. The molecule has 0 spiro atoms. The van der Waals surface area contributed by atoms with Crippen molar-refractivity contribution in [3.05, 3.63) is 47.8 Å². The quantitative estimate of drug-likeness (QED) is 0.660. The monoisotopic (exact) mass is 255 g/mol. The molecule has 0 saturated carbocycles. The molecule has 19 heavy (non-hydrogen) atoms. The summed E-state index contributed by atoms with van der Waals surface area (Å²) in [4.78, 5) is 12.0. The van der Waals surface area contributed by atoms with E-state index in [4.69, 9.17) is 6.42 Å². The predicted octanol–water partition coefficient (Wildman–Crippen LogP) is 3.12. The molecule has 1 N–H and O–H groups in total. The number of halogens is 1. The fraction of sp³-hybridized carbons (Fsp3) is 0.188. The number of nitrogens with one attached hydrogen (secondary N) is 1. The molecule has 0 atom stereocenters. The van der Waals surface area contributed by atoms with Gasteiger partial charge < -0.3 is 5.32 Å². The third-order valence-electron chi connectivity index (χ3n) is 2.90. The number of rotatable bonds is 4. The highest BCUT2D eigenvalue weighted by Gasteiger charge is 2.11. The van der Waals surface area contributed by atoms with Gasteiger partial charge in [0.1, 0.15) is 5.82 Å². The van der Waals surface area contributed by atoms with Gasteiger partial charge in [0, 0.05) is 23.9 Å². The Hall–Kier alpha value is -2.34. The number of amides is 1. The van der Waals surface area contributed by atoms with Crippen LogP contribution in [0.1, 0.15) is 23.2 Å². The molecule has 1 amide bonds. The van der Waals surface area contributed by atoms with Crippen LogP contribution in [-0.2, 0) is 0 Å². The minimum Gasteiger partial charge on any atom is -0.352 e. The summed E-state index contributed by atoms with van der Waals surface area (Å²) in [6.45, 7) is 0.523. The summed E-state index contributed by atoms with van der Waals surface area (Å²) in [5.74, 6) is 2.00. The Morgan fingerprint density at radius 1 is 1.21 bits per heavy atom. The molecule has 2 aromatic carbocycles. The second kappa shape index (κ2) is 6.01. The summed E-state index contributed by atoms with van der Waals surface area (Å²) in [6, 6.07) is 9.78. The van der Waals surface area contributed by atoms with Crippen LogP contribution in [0.5, 0.6) is 0 Å². The van der Waals surface area contributed by atoms with E-state index in [-0.39, 0.29) is 11.7 Å². The smallest absolute Gasteiger partial charge is 0.251 e. The lowest BCUT2D eigenvalue weighted by molar-refractivity contribution is 0.0955. The number of carbonyl (C=O) groups is 1. The van der Waals surface area contributed by atoms with Gasteiger partial charge in [-0.05, 0) is 23.9 Å². The van der Waals surface area contributed by atoms with Crippen molar-refractivity contribution in [1.29, 1.82) is 0 Å². The van der Waals surface area contributed by atoms with Crippen molar-refractivity contribution >= 4 is 16.7 Å². The molecule has 0 aliphatic carbocycles. The number of terminal acetylenes is 1. The van der Waals surface area contributed by atoms with Crippen molar-refractivity contribution in [2.24, 2.45) is 0 Å². The maximum absolute atomic E-state index is 13.6. The Kier molecular flexibility index (Phi) is 4.15. The third kappa shape index (κ3) is 2.92. The molecule has 0 aliphatic heterocycles. The molecule has 0 fully saturated rings. The lowest BCUT2D eigenvalue weighted by atomic mass is 10.0. The average Bonchev–Trinajstić information content (AvgIpc) is 2.44. The van der Waals surface area contributed by atoms with Crippen LogP contribution in [0.15, 0.2) is 36.4 Å². The van der Waals surface area contributed by atoms with Crippen LogP contribution < -0.4 is 5.32 Å². The van der Waals surface area contributed by atoms with E-state index in [1.54, 1.807) is 24.3 Å². The van der Waals surface area contributed by atoms with E-state index in [0.717, 1.165) is 6.42 Å². The summed E-state index contributed by atoms with van der Waals surface area (Å²) in [6.07, 6.45) is 6.51. The van der Waals surface area contributed by atoms with Gasteiger partial charge in [-0.2, -0.15) is 0 Å². The zero-order chi connectivity index (χ0) is 13.7. The van der Waals surface area contributed by atoms with Crippen LogP contribution in [0.3, 0.4) is 0 Å². The summed E-state index contributed by atoms with van der Waals surface area (Å²) >= 11 is 0. The van der Waals surface area contributed by atoms with Gasteiger partial charge >= 0.3 is 0 Å². The fourth-order valence-corrected chi connectivity index (χ4v) is 1.95.